The molecule has 0 bridgehead atoms. The lowest BCUT2D eigenvalue weighted by atomic mass is 10.2. The van der Waals surface area contributed by atoms with Crippen molar-refractivity contribution in [2.75, 3.05) is 12.4 Å². The Balaban J connectivity index is 1.58. The highest BCUT2D eigenvalue weighted by Crippen LogP contribution is 2.14. The van der Waals surface area contributed by atoms with Crippen LogP contribution in [0, 0.1) is 0 Å². The number of pyridine rings is 1. The first kappa shape index (κ1) is 20.3. The number of sulfonamides is 1. The average Bonchev–Trinajstić information content (AvgIpc) is 3.25. The molecule has 2 heterocycles. The second kappa shape index (κ2) is 9.18. The Kier molecular flexibility index (Phi) is 6.43. The van der Waals surface area contributed by atoms with Gasteiger partial charge in [-0.1, -0.05) is 12.1 Å². The van der Waals surface area contributed by atoms with Crippen molar-refractivity contribution >= 4 is 27.7 Å². The van der Waals surface area contributed by atoms with E-state index in [2.05, 4.69) is 15.0 Å². The molecule has 0 unspecified atom stereocenters. The molecule has 0 saturated heterocycles. The summed E-state index contributed by atoms with van der Waals surface area (Å²) in [6, 6.07) is 12.8. The summed E-state index contributed by atoms with van der Waals surface area (Å²) in [6.07, 6.45) is 5.90. The van der Waals surface area contributed by atoms with Crippen LogP contribution < -0.4 is 14.8 Å². The van der Waals surface area contributed by atoms with Crippen LogP contribution in [-0.2, 0) is 21.4 Å². The van der Waals surface area contributed by atoms with Gasteiger partial charge in [-0.05, 0) is 42.0 Å². The highest BCUT2D eigenvalue weighted by molar-refractivity contribution is 7.89. The van der Waals surface area contributed by atoms with Gasteiger partial charge in [0.2, 0.25) is 21.8 Å². The number of carbonyl (C=O) groups excluding carboxylic acids is 1. The van der Waals surface area contributed by atoms with Crippen LogP contribution in [0.25, 0.3) is 6.08 Å². The van der Waals surface area contributed by atoms with Gasteiger partial charge in [0, 0.05) is 12.1 Å². The Hall–Kier alpha value is -3.43. The fourth-order valence-electron chi connectivity index (χ4n) is 2.35. The first-order valence-corrected chi connectivity index (χ1v) is 10.1. The van der Waals surface area contributed by atoms with Gasteiger partial charge in [-0.15, -0.1) is 0 Å². The standard InChI is InChI=1S/C20H19N3O5S/c1-27-20-11-7-16(13-21-20)23-19(24)10-6-15-4-8-18(9-5-15)29(25,26)22-14-17-3-2-12-28-17/h2-13,22H,14H2,1H3,(H,23,24)/b10-6+. The molecule has 0 atom stereocenters. The van der Waals surface area contributed by atoms with Gasteiger partial charge in [0.15, 0.2) is 0 Å². The van der Waals surface area contributed by atoms with Gasteiger partial charge in [-0.3, -0.25) is 4.79 Å². The molecule has 0 aliphatic heterocycles. The third-order valence-electron chi connectivity index (χ3n) is 3.85. The summed E-state index contributed by atoms with van der Waals surface area (Å²) in [6.45, 7) is 0.0668. The zero-order valence-electron chi connectivity index (χ0n) is 15.5. The minimum atomic E-state index is -3.66. The molecule has 3 rings (SSSR count). The number of carbonyl (C=O) groups is 1. The number of methoxy groups -OCH3 is 1. The average molecular weight is 413 g/mol. The number of rotatable bonds is 8. The van der Waals surface area contributed by atoms with Crippen molar-refractivity contribution in [3.05, 3.63) is 78.4 Å². The topological polar surface area (TPSA) is 111 Å². The number of hydrogen-bond donors (Lipinski definition) is 2. The molecule has 9 heteroatoms. The van der Waals surface area contributed by atoms with Crippen LogP contribution in [0.15, 0.2) is 76.4 Å². The molecule has 0 radical (unpaired) electrons. The van der Waals surface area contributed by atoms with Crippen molar-refractivity contribution in [1.82, 2.24) is 9.71 Å². The number of anilines is 1. The second-order valence-corrected chi connectivity index (χ2v) is 7.65. The lowest BCUT2D eigenvalue weighted by Gasteiger charge is -2.06. The highest BCUT2D eigenvalue weighted by atomic mass is 32.2. The zero-order valence-corrected chi connectivity index (χ0v) is 16.3. The first-order chi connectivity index (χ1) is 14.0. The maximum Gasteiger partial charge on any atom is 0.248 e. The van der Waals surface area contributed by atoms with Gasteiger partial charge in [0.25, 0.3) is 0 Å². The predicted octanol–water partition coefficient (Wildman–Crippen LogP) is 2.81. The molecule has 0 fully saturated rings. The fourth-order valence-corrected chi connectivity index (χ4v) is 3.34. The summed E-state index contributed by atoms with van der Waals surface area (Å²) >= 11 is 0. The third-order valence-corrected chi connectivity index (χ3v) is 5.26. The Labute approximate surface area is 168 Å². The van der Waals surface area contributed by atoms with E-state index < -0.39 is 10.0 Å². The van der Waals surface area contributed by atoms with E-state index >= 15 is 0 Å². The normalized spacial score (nSPS) is 11.5. The van der Waals surface area contributed by atoms with E-state index in [9.17, 15) is 13.2 Å². The summed E-state index contributed by atoms with van der Waals surface area (Å²) < 4.78 is 37.1. The number of aromatic nitrogens is 1. The van der Waals surface area contributed by atoms with Crippen molar-refractivity contribution < 1.29 is 22.4 Å². The summed E-state index contributed by atoms with van der Waals surface area (Å²) in [5.41, 5.74) is 1.21. The molecule has 0 saturated carbocycles. The maximum atomic E-state index is 12.3. The van der Waals surface area contributed by atoms with Crippen LogP contribution in [0.4, 0.5) is 5.69 Å². The molecular formula is C20H19N3O5S. The number of amides is 1. The predicted molar refractivity (Wildman–Crippen MR) is 108 cm³/mol. The largest absolute Gasteiger partial charge is 0.481 e. The zero-order chi connectivity index (χ0) is 20.7. The van der Waals surface area contributed by atoms with E-state index in [4.69, 9.17) is 9.15 Å². The fraction of sp³-hybridized carbons (Fsp3) is 0.100. The SMILES string of the molecule is COc1ccc(NC(=O)/C=C/c2ccc(S(=O)(=O)NCc3ccco3)cc2)cn1. The lowest BCUT2D eigenvalue weighted by molar-refractivity contribution is -0.111. The van der Waals surface area contributed by atoms with E-state index in [-0.39, 0.29) is 17.3 Å². The van der Waals surface area contributed by atoms with E-state index in [1.807, 2.05) is 0 Å². The molecule has 150 valence electrons. The molecule has 1 aromatic carbocycles. The number of nitrogens with zero attached hydrogens (tertiary/aromatic N) is 1. The molecule has 2 aromatic heterocycles. The molecule has 1 amide bonds. The Morgan fingerprint density at radius 3 is 2.59 bits per heavy atom. The second-order valence-electron chi connectivity index (χ2n) is 5.88. The van der Waals surface area contributed by atoms with Gasteiger partial charge >= 0.3 is 0 Å². The number of nitrogens with one attached hydrogen (secondary N) is 2. The van der Waals surface area contributed by atoms with Crippen LogP contribution in [0.1, 0.15) is 11.3 Å². The number of benzene rings is 1. The molecule has 29 heavy (non-hydrogen) atoms. The van der Waals surface area contributed by atoms with Crippen molar-refractivity contribution in [3.8, 4) is 5.88 Å². The van der Waals surface area contributed by atoms with Crippen LogP contribution in [0.5, 0.6) is 5.88 Å². The van der Waals surface area contributed by atoms with E-state index in [1.165, 1.54) is 37.8 Å². The summed E-state index contributed by atoms with van der Waals surface area (Å²) in [7, 11) is -2.15. The molecule has 8 nitrogen and oxygen atoms in total. The van der Waals surface area contributed by atoms with E-state index in [0.29, 0.717) is 22.9 Å². The van der Waals surface area contributed by atoms with Crippen LogP contribution in [0.2, 0.25) is 0 Å². The number of furan rings is 1. The quantitative estimate of drug-likeness (QED) is 0.550. The smallest absolute Gasteiger partial charge is 0.248 e. The van der Waals surface area contributed by atoms with Gasteiger partial charge in [-0.25, -0.2) is 18.1 Å². The summed E-state index contributed by atoms with van der Waals surface area (Å²) in [4.78, 5) is 16.1. The van der Waals surface area contributed by atoms with Gasteiger partial charge in [-0.2, -0.15) is 0 Å². The van der Waals surface area contributed by atoms with Crippen molar-refractivity contribution in [1.29, 1.82) is 0 Å². The monoisotopic (exact) mass is 413 g/mol. The highest BCUT2D eigenvalue weighted by Gasteiger charge is 2.13. The minimum Gasteiger partial charge on any atom is -0.481 e. The molecule has 0 aliphatic carbocycles. The molecule has 0 aliphatic rings. The van der Waals surface area contributed by atoms with Crippen LogP contribution in [0.3, 0.4) is 0 Å². The molecule has 2 N–H and O–H groups in total. The molecular weight excluding hydrogens is 394 g/mol. The van der Waals surface area contributed by atoms with Crippen LogP contribution >= 0.6 is 0 Å². The molecule has 0 spiro atoms. The Bertz CT molecular complexity index is 1070. The van der Waals surface area contributed by atoms with E-state index in [0.717, 1.165) is 0 Å². The van der Waals surface area contributed by atoms with Gasteiger partial charge in [0.1, 0.15) is 5.76 Å². The van der Waals surface area contributed by atoms with E-state index in [1.54, 1.807) is 42.5 Å². The van der Waals surface area contributed by atoms with Gasteiger partial charge < -0.3 is 14.5 Å². The third kappa shape index (κ3) is 5.77. The summed E-state index contributed by atoms with van der Waals surface area (Å²) in [5.74, 6) is 0.632. The van der Waals surface area contributed by atoms with Crippen LogP contribution in [-0.4, -0.2) is 26.4 Å². The van der Waals surface area contributed by atoms with Crippen molar-refractivity contribution in [2.45, 2.75) is 11.4 Å². The lowest BCUT2D eigenvalue weighted by Crippen LogP contribution is -2.22. The number of hydrogen-bond acceptors (Lipinski definition) is 6. The minimum absolute atomic E-state index is 0.0668. The van der Waals surface area contributed by atoms with Crippen molar-refractivity contribution in [2.24, 2.45) is 0 Å². The summed E-state index contributed by atoms with van der Waals surface area (Å²) in [5, 5.41) is 2.67. The first-order valence-electron chi connectivity index (χ1n) is 8.57. The van der Waals surface area contributed by atoms with Crippen molar-refractivity contribution in [3.63, 3.8) is 0 Å². The Morgan fingerprint density at radius 1 is 1.17 bits per heavy atom. The molecule has 3 aromatic rings. The maximum absolute atomic E-state index is 12.3. The number of ether oxygens (including phenoxy) is 1. The van der Waals surface area contributed by atoms with Gasteiger partial charge in [0.05, 0.1) is 36.7 Å². The Morgan fingerprint density at radius 2 is 1.97 bits per heavy atom.